The van der Waals surface area contributed by atoms with Crippen molar-refractivity contribution in [2.75, 3.05) is 0 Å². The zero-order chi connectivity index (χ0) is 23.6. The van der Waals surface area contributed by atoms with Gasteiger partial charge in [-0.25, -0.2) is 0 Å². The predicted molar refractivity (Wildman–Crippen MR) is 131 cm³/mol. The van der Waals surface area contributed by atoms with Gasteiger partial charge in [0, 0.05) is 6.20 Å². The molecule has 0 amide bonds. The first kappa shape index (κ1) is 23.2. The summed E-state index contributed by atoms with van der Waals surface area (Å²) < 4.78 is 1.82. The van der Waals surface area contributed by atoms with Gasteiger partial charge in [0.2, 0.25) is 0 Å². The third kappa shape index (κ3) is 3.71. The van der Waals surface area contributed by atoms with E-state index >= 15 is 0 Å². The lowest BCUT2D eigenvalue weighted by atomic mass is 9.48. The minimum Gasteiger partial charge on any atom is -0.390 e. The molecule has 4 aliphatic carbocycles. The second kappa shape index (κ2) is 7.72. The van der Waals surface area contributed by atoms with E-state index in [1.54, 1.807) is 11.8 Å². The fourth-order valence-corrected chi connectivity index (χ4v) is 8.93. The lowest BCUT2D eigenvalue weighted by Crippen LogP contribution is -2.53. The third-order valence-electron chi connectivity index (χ3n) is 10.8. The summed E-state index contributed by atoms with van der Waals surface area (Å²) in [6.07, 6.45) is 21.5. The Balaban J connectivity index is 1.39. The van der Waals surface area contributed by atoms with Gasteiger partial charge >= 0.3 is 0 Å². The van der Waals surface area contributed by atoms with E-state index < -0.39 is 11.2 Å². The number of aliphatic hydroxyl groups is 2. The minimum atomic E-state index is -0.811. The summed E-state index contributed by atoms with van der Waals surface area (Å²) in [5.74, 6) is 4.96. The highest BCUT2D eigenvalue weighted by Crippen LogP contribution is 2.67. The molecule has 3 saturated carbocycles. The molecule has 1 aromatic rings. The van der Waals surface area contributed by atoms with Crippen molar-refractivity contribution in [3.05, 3.63) is 29.6 Å². The molecular formula is C29H42N2O2. The zero-order valence-corrected chi connectivity index (χ0v) is 21.0. The number of hydrogen-bond acceptors (Lipinski definition) is 3. The van der Waals surface area contributed by atoms with Gasteiger partial charge in [0.25, 0.3) is 0 Å². The average molecular weight is 451 g/mol. The van der Waals surface area contributed by atoms with Gasteiger partial charge in [-0.2, -0.15) is 5.10 Å². The van der Waals surface area contributed by atoms with Crippen LogP contribution in [0.25, 0.3) is 0 Å². The number of terminal acetylenes is 1. The summed E-state index contributed by atoms with van der Waals surface area (Å²) in [5.41, 5.74) is 1.44. The van der Waals surface area contributed by atoms with Crippen molar-refractivity contribution in [2.45, 2.75) is 103 Å². The Morgan fingerprint density at radius 3 is 2.67 bits per heavy atom. The smallest absolute Gasteiger partial charge is 0.0848 e. The number of nitrogens with zero attached hydrogens (tertiary/aromatic N) is 2. The Hall–Kier alpha value is -1.57. The highest BCUT2D eigenvalue weighted by molar-refractivity contribution is 5.27. The lowest BCUT2D eigenvalue weighted by Gasteiger charge is -2.57. The van der Waals surface area contributed by atoms with Gasteiger partial charge in [-0.1, -0.05) is 31.4 Å². The lowest BCUT2D eigenvalue weighted by molar-refractivity contribution is -0.106. The van der Waals surface area contributed by atoms with E-state index in [0.717, 1.165) is 37.7 Å². The molecule has 0 aromatic carbocycles. The molecule has 2 N–H and O–H groups in total. The van der Waals surface area contributed by atoms with Gasteiger partial charge in [-0.15, -0.1) is 6.42 Å². The van der Waals surface area contributed by atoms with Crippen molar-refractivity contribution in [1.29, 1.82) is 0 Å². The SMILES string of the molecule is C#Cc1cnn(C[C@@](C)(O)[C@H]2CC[C@H]3[C@@H]4CC=C5CC[C@](C)(O)CC[C@]5(C)[C@H]4CC[C@@]32C)c1. The second-order valence-corrected chi connectivity index (χ2v) is 12.9. The van der Waals surface area contributed by atoms with Crippen LogP contribution in [0.1, 0.15) is 91.0 Å². The number of fused-ring (bicyclic) bond motifs is 5. The molecule has 1 heterocycles. The molecular weight excluding hydrogens is 408 g/mol. The van der Waals surface area contributed by atoms with Crippen LogP contribution in [0.3, 0.4) is 0 Å². The standard InChI is InChI=1S/C29H42N2O2/c1-6-20-17-30-31(18-20)19-29(5,33)25-10-9-23-22-8-7-21-11-13-26(2,32)15-16-27(21,3)24(22)12-14-28(23,25)4/h1,7,17-18,22-25,32-33H,8-16,19H2,2-5H3/t22-,23-,24-,25-,26-,27-,28-,29+/m0/s1. The van der Waals surface area contributed by atoms with Crippen LogP contribution in [-0.4, -0.2) is 31.2 Å². The molecule has 5 rings (SSSR count). The van der Waals surface area contributed by atoms with Crippen molar-refractivity contribution in [3.8, 4) is 12.3 Å². The first-order chi connectivity index (χ1) is 15.5. The van der Waals surface area contributed by atoms with Gasteiger partial charge in [-0.3, -0.25) is 4.68 Å². The molecule has 180 valence electrons. The number of hydrogen-bond donors (Lipinski definition) is 2. The van der Waals surface area contributed by atoms with E-state index in [1.807, 2.05) is 24.7 Å². The highest BCUT2D eigenvalue weighted by Gasteiger charge is 2.61. The summed E-state index contributed by atoms with van der Waals surface area (Å²) in [7, 11) is 0. The van der Waals surface area contributed by atoms with E-state index in [-0.39, 0.29) is 16.7 Å². The maximum Gasteiger partial charge on any atom is 0.0848 e. The fraction of sp³-hybridized carbons (Fsp3) is 0.759. The van der Waals surface area contributed by atoms with Gasteiger partial charge in [-0.05, 0) is 106 Å². The number of rotatable bonds is 3. The van der Waals surface area contributed by atoms with Crippen LogP contribution in [0.15, 0.2) is 24.0 Å². The van der Waals surface area contributed by atoms with Crippen LogP contribution >= 0.6 is 0 Å². The number of aromatic nitrogens is 2. The van der Waals surface area contributed by atoms with Crippen LogP contribution in [-0.2, 0) is 6.54 Å². The molecule has 0 bridgehead atoms. The van der Waals surface area contributed by atoms with Crippen LogP contribution in [0.2, 0.25) is 0 Å². The van der Waals surface area contributed by atoms with Gasteiger partial charge in [0.15, 0.2) is 0 Å². The van der Waals surface area contributed by atoms with Crippen molar-refractivity contribution >= 4 is 0 Å². The van der Waals surface area contributed by atoms with Crippen LogP contribution in [0.5, 0.6) is 0 Å². The monoisotopic (exact) mass is 450 g/mol. The zero-order valence-electron chi connectivity index (χ0n) is 21.0. The van der Waals surface area contributed by atoms with Crippen LogP contribution in [0.4, 0.5) is 0 Å². The van der Waals surface area contributed by atoms with Crippen molar-refractivity contribution in [1.82, 2.24) is 9.78 Å². The molecule has 0 aliphatic heterocycles. The molecule has 0 radical (unpaired) electrons. The topological polar surface area (TPSA) is 58.3 Å². The van der Waals surface area contributed by atoms with Crippen LogP contribution < -0.4 is 0 Å². The summed E-state index contributed by atoms with van der Waals surface area (Å²) in [6.45, 7) is 9.51. The molecule has 3 fully saturated rings. The highest BCUT2D eigenvalue weighted by atomic mass is 16.3. The van der Waals surface area contributed by atoms with E-state index in [2.05, 4.69) is 30.9 Å². The van der Waals surface area contributed by atoms with Gasteiger partial charge in [0.1, 0.15) is 0 Å². The second-order valence-electron chi connectivity index (χ2n) is 12.9. The van der Waals surface area contributed by atoms with E-state index in [0.29, 0.717) is 24.3 Å². The van der Waals surface area contributed by atoms with Crippen molar-refractivity contribution in [2.24, 2.45) is 34.5 Å². The third-order valence-corrected chi connectivity index (χ3v) is 10.8. The summed E-state index contributed by atoms with van der Waals surface area (Å²) in [6, 6.07) is 0. The van der Waals surface area contributed by atoms with Gasteiger partial charge in [0.05, 0.1) is 29.5 Å². The molecule has 4 aliphatic rings. The molecule has 1 aromatic heterocycles. The Kier molecular flexibility index (Phi) is 5.42. The molecule has 0 saturated heterocycles. The molecule has 0 unspecified atom stereocenters. The fourth-order valence-electron chi connectivity index (χ4n) is 8.93. The predicted octanol–water partition coefficient (Wildman–Crippen LogP) is 5.34. The van der Waals surface area contributed by atoms with Crippen LogP contribution in [0, 0.1) is 46.8 Å². The molecule has 33 heavy (non-hydrogen) atoms. The van der Waals surface area contributed by atoms with Gasteiger partial charge < -0.3 is 10.2 Å². The van der Waals surface area contributed by atoms with Crippen molar-refractivity contribution < 1.29 is 10.2 Å². The maximum atomic E-state index is 11.7. The number of allylic oxidation sites excluding steroid dienone is 2. The Morgan fingerprint density at radius 1 is 1.15 bits per heavy atom. The molecule has 8 atom stereocenters. The Labute approximate surface area is 199 Å². The largest absolute Gasteiger partial charge is 0.390 e. The Morgan fingerprint density at radius 2 is 1.94 bits per heavy atom. The summed E-state index contributed by atoms with van der Waals surface area (Å²) in [5, 5.41) is 26.9. The summed E-state index contributed by atoms with van der Waals surface area (Å²) >= 11 is 0. The average Bonchev–Trinajstić information content (AvgIpc) is 3.32. The maximum absolute atomic E-state index is 11.7. The first-order valence-corrected chi connectivity index (χ1v) is 13.1. The van der Waals surface area contributed by atoms with E-state index in [4.69, 9.17) is 6.42 Å². The molecule has 0 spiro atoms. The summed E-state index contributed by atoms with van der Waals surface area (Å²) in [4.78, 5) is 0. The van der Waals surface area contributed by atoms with Crippen molar-refractivity contribution in [3.63, 3.8) is 0 Å². The van der Waals surface area contributed by atoms with E-state index in [1.165, 1.54) is 25.7 Å². The minimum absolute atomic E-state index is 0.157. The molecule has 4 heteroatoms. The quantitative estimate of drug-likeness (QED) is 0.483. The first-order valence-electron chi connectivity index (χ1n) is 13.1. The molecule has 4 nitrogen and oxygen atoms in total. The Bertz CT molecular complexity index is 982. The normalized spacial score (nSPS) is 44.5. The van der Waals surface area contributed by atoms with E-state index in [9.17, 15) is 10.2 Å².